The smallest absolute Gasteiger partial charge is 0.404 e. The largest absolute Gasteiger partial charge is 0.477 e. The Labute approximate surface area is 192 Å². The summed E-state index contributed by atoms with van der Waals surface area (Å²) in [4.78, 5) is 28.8. The Morgan fingerprint density at radius 1 is 1.12 bits per heavy atom. The number of anilines is 1. The molecule has 0 radical (unpaired) electrons. The predicted octanol–water partition coefficient (Wildman–Crippen LogP) is 2.57. The third-order valence-electron chi connectivity index (χ3n) is 4.07. The molecule has 14 heteroatoms. The Morgan fingerprint density at radius 2 is 1.91 bits per heavy atom. The zero-order valence-corrected chi connectivity index (χ0v) is 18.5. The number of nitrogens with zero attached hydrogens (tertiary/aromatic N) is 4. The van der Waals surface area contributed by atoms with Crippen LogP contribution in [-0.2, 0) is 16.6 Å². The summed E-state index contributed by atoms with van der Waals surface area (Å²) in [5.41, 5.74) is 1.34. The van der Waals surface area contributed by atoms with Crippen LogP contribution in [-0.4, -0.2) is 52.8 Å². The minimum absolute atomic E-state index is 0.0970. The third kappa shape index (κ3) is 7.37. The van der Waals surface area contributed by atoms with E-state index in [1.165, 1.54) is 43.0 Å². The number of aromatic nitrogens is 4. The number of rotatable bonds is 9. The molecule has 0 aliphatic rings. The van der Waals surface area contributed by atoms with Gasteiger partial charge in [0, 0.05) is 18.0 Å². The van der Waals surface area contributed by atoms with Crippen LogP contribution in [0.15, 0.2) is 49.1 Å². The first-order valence-electron chi connectivity index (χ1n) is 9.76. The number of nitrogens with one attached hydrogen (secondary N) is 2. The molecule has 3 rings (SSSR count). The Balaban J connectivity index is 1.62. The van der Waals surface area contributed by atoms with Crippen molar-refractivity contribution in [2.45, 2.75) is 19.6 Å². The molecular formula is C20H19F3N6O4S. The van der Waals surface area contributed by atoms with Crippen LogP contribution < -0.4 is 14.8 Å². The molecule has 0 saturated heterocycles. The number of sulfonamides is 1. The first-order valence-corrected chi connectivity index (χ1v) is 11.4. The van der Waals surface area contributed by atoms with Crippen LogP contribution >= 0.6 is 0 Å². The number of hydrogen-bond acceptors (Lipinski definition) is 8. The number of ether oxygens (including phenoxy) is 1. The molecule has 0 bridgehead atoms. The van der Waals surface area contributed by atoms with E-state index in [9.17, 15) is 26.4 Å². The van der Waals surface area contributed by atoms with Crippen LogP contribution in [0.5, 0.6) is 5.88 Å². The van der Waals surface area contributed by atoms with Crippen molar-refractivity contribution >= 4 is 21.6 Å². The molecule has 0 aliphatic heterocycles. The van der Waals surface area contributed by atoms with Crippen molar-refractivity contribution in [1.29, 1.82) is 0 Å². The summed E-state index contributed by atoms with van der Waals surface area (Å²) in [6.45, 7) is 2.15. The van der Waals surface area contributed by atoms with Crippen molar-refractivity contribution in [3.8, 4) is 17.1 Å². The van der Waals surface area contributed by atoms with Crippen molar-refractivity contribution in [1.82, 2.24) is 25.3 Å². The maximum atomic E-state index is 12.4. The minimum atomic E-state index is -4.88. The fraction of sp³-hybridized carbons (Fsp3) is 0.250. The molecule has 0 atom stereocenters. The Hall–Kier alpha value is -3.81. The van der Waals surface area contributed by atoms with Gasteiger partial charge in [-0.1, -0.05) is 0 Å². The number of amides is 1. The van der Waals surface area contributed by atoms with Gasteiger partial charge in [-0.2, -0.15) is 13.2 Å². The van der Waals surface area contributed by atoms with Gasteiger partial charge in [-0.15, -0.1) is 0 Å². The Kier molecular flexibility index (Phi) is 7.61. The molecule has 0 aromatic carbocycles. The molecule has 34 heavy (non-hydrogen) atoms. The maximum Gasteiger partial charge on any atom is 0.404 e. The van der Waals surface area contributed by atoms with Gasteiger partial charge in [0.05, 0.1) is 42.6 Å². The predicted molar refractivity (Wildman–Crippen MR) is 115 cm³/mol. The van der Waals surface area contributed by atoms with Gasteiger partial charge in [0.25, 0.3) is 5.91 Å². The van der Waals surface area contributed by atoms with Crippen LogP contribution in [0.1, 0.15) is 23.1 Å². The first kappa shape index (κ1) is 24.8. The lowest BCUT2D eigenvalue weighted by Crippen LogP contribution is -2.28. The number of carbonyl (C=O) groups is 1. The molecule has 1 amide bonds. The van der Waals surface area contributed by atoms with Crippen LogP contribution in [0.4, 0.5) is 18.9 Å². The first-order chi connectivity index (χ1) is 16.0. The average Bonchev–Trinajstić information content (AvgIpc) is 2.76. The van der Waals surface area contributed by atoms with Gasteiger partial charge in [0.2, 0.25) is 15.9 Å². The molecule has 3 heterocycles. The van der Waals surface area contributed by atoms with Crippen molar-refractivity contribution in [2.75, 3.05) is 17.1 Å². The lowest BCUT2D eigenvalue weighted by molar-refractivity contribution is -0.106. The summed E-state index contributed by atoms with van der Waals surface area (Å²) in [7, 11) is -4.63. The quantitative estimate of drug-likeness (QED) is 0.461. The highest BCUT2D eigenvalue weighted by Gasteiger charge is 2.35. The lowest BCUT2D eigenvalue weighted by Gasteiger charge is -2.11. The molecule has 0 fully saturated rings. The van der Waals surface area contributed by atoms with E-state index in [0.29, 0.717) is 23.7 Å². The maximum absolute atomic E-state index is 12.4. The van der Waals surface area contributed by atoms with E-state index in [-0.39, 0.29) is 23.6 Å². The fourth-order valence-corrected chi connectivity index (χ4v) is 3.70. The summed E-state index contributed by atoms with van der Waals surface area (Å²) in [6.07, 6.45) is 0.782. The van der Waals surface area contributed by atoms with Gasteiger partial charge >= 0.3 is 6.18 Å². The number of halogens is 3. The van der Waals surface area contributed by atoms with Gasteiger partial charge in [-0.3, -0.25) is 24.5 Å². The second-order valence-electron chi connectivity index (χ2n) is 6.80. The zero-order valence-electron chi connectivity index (χ0n) is 17.7. The Bertz CT molecular complexity index is 1250. The summed E-state index contributed by atoms with van der Waals surface area (Å²) >= 11 is 0. The van der Waals surface area contributed by atoms with Crippen LogP contribution in [0.2, 0.25) is 0 Å². The van der Waals surface area contributed by atoms with Gasteiger partial charge in [0.15, 0.2) is 5.75 Å². The van der Waals surface area contributed by atoms with E-state index < -0.39 is 27.9 Å². The van der Waals surface area contributed by atoms with E-state index in [2.05, 4.69) is 25.3 Å². The van der Waals surface area contributed by atoms with E-state index >= 15 is 0 Å². The normalized spacial score (nSPS) is 11.6. The summed E-state index contributed by atoms with van der Waals surface area (Å²) in [5.74, 6) is -2.19. The van der Waals surface area contributed by atoms with Crippen molar-refractivity contribution in [3.63, 3.8) is 0 Å². The van der Waals surface area contributed by atoms with Crippen LogP contribution in [0.3, 0.4) is 0 Å². The SMILES string of the molecule is CCOc1cncc(-c2ccc(C(=O)NCc3cc(NS(=O)(=O)CC(F)(F)F)ccn3)nc2)n1. The van der Waals surface area contributed by atoms with Crippen LogP contribution in [0.25, 0.3) is 11.3 Å². The van der Waals surface area contributed by atoms with Crippen molar-refractivity contribution < 1.29 is 31.1 Å². The molecule has 180 valence electrons. The van der Waals surface area contributed by atoms with Gasteiger partial charge < -0.3 is 10.1 Å². The molecule has 0 saturated carbocycles. The van der Waals surface area contributed by atoms with E-state index in [1.54, 1.807) is 6.07 Å². The molecular weight excluding hydrogens is 477 g/mol. The second kappa shape index (κ2) is 10.4. The van der Waals surface area contributed by atoms with Gasteiger partial charge in [-0.25, -0.2) is 13.4 Å². The number of carbonyl (C=O) groups excluding carboxylic acids is 1. The molecule has 3 aromatic heterocycles. The molecule has 0 spiro atoms. The lowest BCUT2D eigenvalue weighted by atomic mass is 10.2. The highest BCUT2D eigenvalue weighted by molar-refractivity contribution is 7.92. The van der Waals surface area contributed by atoms with Crippen LogP contribution in [0, 0.1) is 0 Å². The van der Waals surface area contributed by atoms with Gasteiger partial charge in [-0.05, 0) is 31.2 Å². The van der Waals surface area contributed by atoms with E-state index in [1.807, 2.05) is 11.6 Å². The molecule has 3 aromatic rings. The molecule has 0 unspecified atom stereocenters. The zero-order chi connectivity index (χ0) is 24.8. The molecule has 10 nitrogen and oxygen atoms in total. The van der Waals surface area contributed by atoms with Gasteiger partial charge in [0.1, 0.15) is 5.69 Å². The summed E-state index contributed by atoms with van der Waals surface area (Å²) in [6, 6.07) is 5.53. The number of pyridine rings is 2. The number of alkyl halides is 3. The topological polar surface area (TPSA) is 136 Å². The summed E-state index contributed by atoms with van der Waals surface area (Å²) < 4.78 is 67.5. The molecule has 2 N–H and O–H groups in total. The minimum Gasteiger partial charge on any atom is -0.477 e. The van der Waals surface area contributed by atoms with E-state index in [0.717, 1.165) is 0 Å². The highest BCUT2D eigenvalue weighted by atomic mass is 32.2. The average molecular weight is 496 g/mol. The van der Waals surface area contributed by atoms with Crippen molar-refractivity contribution in [3.05, 3.63) is 60.4 Å². The third-order valence-corrected chi connectivity index (χ3v) is 5.32. The monoisotopic (exact) mass is 496 g/mol. The van der Waals surface area contributed by atoms with Crippen molar-refractivity contribution in [2.24, 2.45) is 0 Å². The number of hydrogen-bond donors (Lipinski definition) is 2. The standard InChI is InChI=1S/C20H19F3N6O4S/c1-2-33-18-11-24-10-17(28-18)13-3-4-16(26-8-13)19(30)27-9-15-7-14(5-6-25-15)29-34(31,32)12-20(21,22)23/h3-8,10-11H,2,9,12H2,1H3,(H,25,29)(H,27,30). The molecule has 0 aliphatic carbocycles. The summed E-state index contributed by atoms with van der Waals surface area (Å²) in [5, 5.41) is 2.56. The Morgan fingerprint density at radius 3 is 2.59 bits per heavy atom. The fourth-order valence-electron chi connectivity index (χ4n) is 2.72. The highest BCUT2D eigenvalue weighted by Crippen LogP contribution is 2.20. The second-order valence-corrected chi connectivity index (χ2v) is 8.52. The van der Waals surface area contributed by atoms with E-state index in [4.69, 9.17) is 4.74 Å².